The zero-order valence-electron chi connectivity index (χ0n) is 1.86. The Kier molecular flexibility index (Phi) is 29.1. The molecule has 0 bridgehead atoms. The molecule has 0 rings (SSSR count). The second kappa shape index (κ2) is 12.8. The van der Waals surface area contributed by atoms with Crippen LogP contribution in [0.4, 0.5) is 0 Å². The molecule has 0 amide bonds. The average Bonchev–Trinajstić information content (AvgIpc) is 0.918. The van der Waals surface area contributed by atoms with Crippen LogP contribution in [-0.4, -0.2) is 4.21 Å². The van der Waals surface area contributed by atoms with Crippen LogP contribution in [0.25, 0.3) is 0 Å². The quantitative estimate of drug-likeness (QED) is 0.395. The molecule has 0 spiro atoms. The summed E-state index contributed by atoms with van der Waals surface area (Å²) in [7, 11) is 0. The molecule has 4 heavy (non-hydrogen) atoms. The van der Waals surface area contributed by atoms with Crippen molar-refractivity contribution in [2.24, 2.45) is 0 Å². The van der Waals surface area contributed by atoms with Gasteiger partial charge in [0.25, 0.3) is 0 Å². The lowest BCUT2D eigenvalue weighted by molar-refractivity contribution is 0.697. The van der Waals surface area contributed by atoms with Crippen molar-refractivity contribution in [1.29, 1.82) is 4.78 Å². The van der Waals surface area contributed by atoms with E-state index in [4.69, 9.17) is 8.99 Å². The summed E-state index contributed by atoms with van der Waals surface area (Å²) in [5, 5.41) is 0. The first kappa shape index (κ1) is 9.08. The predicted molar refractivity (Wildman–Crippen MR) is 15.8 cm³/mol. The van der Waals surface area contributed by atoms with Gasteiger partial charge in [0.2, 0.25) is 0 Å². The summed E-state index contributed by atoms with van der Waals surface area (Å²) in [6.45, 7) is 0. The molecule has 0 aliphatic rings. The summed E-state index contributed by atoms with van der Waals surface area (Å²) in [5.41, 5.74) is 0. The third kappa shape index (κ3) is 195. The molecule has 0 atom stereocenters. The second-order valence-corrected chi connectivity index (χ2v) is 0.306. The zero-order valence-corrected chi connectivity index (χ0v) is 2.86. The molecule has 0 aromatic heterocycles. The van der Waals surface area contributed by atoms with Crippen LogP contribution < -0.4 is 6.15 Å². The van der Waals surface area contributed by atoms with Gasteiger partial charge < -0.3 is 0 Å². The van der Waals surface area contributed by atoms with Crippen LogP contribution in [0.15, 0.2) is 0 Å². The van der Waals surface area contributed by atoms with E-state index in [2.05, 4.69) is 0 Å². The molecule has 0 heterocycles. The van der Waals surface area contributed by atoms with E-state index in [1.54, 1.807) is 0 Å². The Hall–Kier alpha value is -0.0900. The topological polar surface area (TPSA) is 71.4 Å². The zero-order chi connectivity index (χ0) is 2.71. The minimum atomic E-state index is -0.917. The smallest absolute Gasteiger partial charge is 0.0218 e. The van der Waals surface area contributed by atoms with E-state index in [1.807, 2.05) is 0 Å². The molecular formula is H3N2OS. The van der Waals surface area contributed by atoms with Crippen LogP contribution >= 0.6 is 0 Å². The van der Waals surface area contributed by atoms with Gasteiger partial charge in [0.15, 0.2) is 0 Å². The fourth-order valence-electron chi connectivity index (χ4n) is 0. The Morgan fingerprint density at radius 3 is 1.75 bits per heavy atom. The highest BCUT2D eigenvalue weighted by Gasteiger charge is 0.893. The average molecular weight is 79.1 g/mol. The Bertz CT molecular complexity index is 27.0. The van der Waals surface area contributed by atoms with E-state index < -0.39 is 11.5 Å². The Morgan fingerprint density at radius 2 is 1.75 bits per heavy atom. The Balaban J connectivity index is 0. The fraction of sp³-hybridized carbons (Fsp3) is 0. The van der Waals surface area contributed by atoms with E-state index in [0.717, 1.165) is 0 Å². The second-order valence-electron chi connectivity index (χ2n) is 0.102. The number of nitrogens with one attached hydrogen (secondary N) is 1. The molecule has 3 nitrogen and oxygen atoms in total. The van der Waals surface area contributed by atoms with Gasteiger partial charge in [-0.1, -0.05) is 0 Å². The molecule has 1 N–H and O–H groups in total. The van der Waals surface area contributed by atoms with Gasteiger partial charge in [-0.05, 0) is 0 Å². The van der Waals surface area contributed by atoms with Crippen LogP contribution in [0.1, 0.15) is 0 Å². The van der Waals surface area contributed by atoms with Gasteiger partial charge in [-0.3, -0.25) is 8.99 Å². The molecule has 4 heteroatoms. The number of rotatable bonds is 0. The Morgan fingerprint density at radius 1 is 1.75 bits per heavy atom. The van der Waals surface area contributed by atoms with E-state index in [9.17, 15) is 0 Å². The van der Waals surface area contributed by atoms with Gasteiger partial charge >= 0.3 is 0 Å². The van der Waals surface area contributed by atoms with Gasteiger partial charge in [-0.15, -0.1) is 0 Å². The lowest BCUT2D eigenvalue weighted by atomic mass is 14.0. The minimum Gasteiger partial charge on any atom is -0.258 e. The summed E-state index contributed by atoms with van der Waals surface area (Å²) >= 11 is -0.917. The van der Waals surface area contributed by atoms with Crippen molar-refractivity contribution >= 4 is 11.5 Å². The first-order chi connectivity index (χ1) is 1.41. The van der Waals surface area contributed by atoms with Crippen molar-refractivity contribution in [3.05, 3.63) is 0 Å². The molecule has 3 radical (unpaired) electrons. The molecule has 0 fully saturated rings. The normalized spacial score (nSPS) is 7.00. The molecular weight excluding hydrogens is 76.1 g/mol. The maximum absolute atomic E-state index is 8.62. The van der Waals surface area contributed by atoms with Crippen molar-refractivity contribution < 1.29 is 4.21 Å². The van der Waals surface area contributed by atoms with Crippen LogP contribution in [0.5, 0.6) is 0 Å². The number of hydrogen-bond acceptors (Lipinski definition) is 2. The van der Waals surface area contributed by atoms with Gasteiger partial charge in [-0.25, -0.2) is 0 Å². The van der Waals surface area contributed by atoms with Crippen molar-refractivity contribution in [1.82, 2.24) is 6.15 Å². The standard InChI is InChI=1S/H3NOS.N/c1-3-2;/h1H,3H2;. The van der Waals surface area contributed by atoms with E-state index >= 15 is 0 Å². The largest absolute Gasteiger partial charge is 0.258 e. The summed E-state index contributed by atoms with van der Waals surface area (Å²) in [6.07, 6.45) is 0. The van der Waals surface area contributed by atoms with Gasteiger partial charge in [0.1, 0.15) is 0 Å². The van der Waals surface area contributed by atoms with Gasteiger partial charge in [0, 0.05) is 17.6 Å². The monoisotopic (exact) mass is 79.0 g/mol. The van der Waals surface area contributed by atoms with E-state index in [0.29, 0.717) is 0 Å². The minimum absolute atomic E-state index is 0. The van der Waals surface area contributed by atoms with Crippen molar-refractivity contribution in [2.75, 3.05) is 0 Å². The third-order valence-corrected chi connectivity index (χ3v) is 0. The number of nitrogens with zero attached hydrogens (tertiary/aromatic N) is 1. The fourth-order valence-corrected chi connectivity index (χ4v) is 0. The van der Waals surface area contributed by atoms with Crippen LogP contribution in [0, 0.1) is 4.78 Å². The molecule has 0 aromatic rings. The van der Waals surface area contributed by atoms with Gasteiger partial charge in [-0.2, -0.15) is 0 Å². The lowest BCUT2D eigenvalue weighted by Gasteiger charge is -1.13. The lowest BCUT2D eigenvalue weighted by Crippen LogP contribution is -1.09. The van der Waals surface area contributed by atoms with Crippen molar-refractivity contribution in [3.8, 4) is 0 Å². The van der Waals surface area contributed by atoms with Crippen molar-refractivity contribution in [3.63, 3.8) is 0 Å². The SMILES string of the molecule is N=[SH2]=O.[N]. The molecule has 0 aromatic carbocycles. The maximum atomic E-state index is 8.62. The molecule has 25 valence electrons. The molecule has 0 saturated heterocycles. The highest BCUT2D eigenvalue weighted by atomic mass is 32.1. The van der Waals surface area contributed by atoms with Crippen LogP contribution in [0.3, 0.4) is 0 Å². The highest BCUT2D eigenvalue weighted by Crippen LogP contribution is 0.958. The van der Waals surface area contributed by atoms with E-state index in [-0.39, 0.29) is 6.15 Å². The first-order valence-electron chi connectivity index (χ1n) is 0.454. The first-order valence-corrected chi connectivity index (χ1v) is 1.36. The van der Waals surface area contributed by atoms with E-state index in [1.165, 1.54) is 0 Å². The number of hydrogen-bond donors (Lipinski definition) is 1. The molecule has 0 saturated carbocycles. The maximum Gasteiger partial charge on any atom is 0.0218 e. The predicted octanol–water partition coefficient (Wildman–Crippen LogP) is -1.05. The molecule has 0 aliphatic carbocycles. The van der Waals surface area contributed by atoms with Crippen LogP contribution in [0.2, 0.25) is 0 Å². The van der Waals surface area contributed by atoms with Gasteiger partial charge in [0.05, 0.1) is 0 Å². The summed E-state index contributed by atoms with van der Waals surface area (Å²) < 4.78 is 14.3. The summed E-state index contributed by atoms with van der Waals surface area (Å²) in [5.74, 6) is 0. The summed E-state index contributed by atoms with van der Waals surface area (Å²) in [6, 6.07) is 0. The molecule has 0 unspecified atom stereocenters. The van der Waals surface area contributed by atoms with Crippen LogP contribution in [-0.2, 0) is 11.5 Å². The third-order valence-electron chi connectivity index (χ3n) is 0. The molecule has 0 aliphatic heterocycles. The Labute approximate surface area is 27.6 Å². The van der Waals surface area contributed by atoms with Crippen molar-refractivity contribution in [2.45, 2.75) is 0 Å². The highest BCUT2D eigenvalue weighted by molar-refractivity contribution is 7.53. The summed E-state index contributed by atoms with van der Waals surface area (Å²) in [4.78, 5) is 0.